The molecule has 4 aromatic rings. The molecule has 31 heavy (non-hydrogen) atoms. The van der Waals surface area contributed by atoms with E-state index in [-0.39, 0.29) is 0 Å². The van der Waals surface area contributed by atoms with Gasteiger partial charge in [-0.2, -0.15) is 0 Å². The lowest BCUT2D eigenvalue weighted by Crippen LogP contribution is -2.08. The Morgan fingerprint density at radius 2 is 1.55 bits per heavy atom. The molecule has 0 fully saturated rings. The topological polar surface area (TPSA) is 42.2 Å². The smallest absolute Gasteiger partial charge is 0.338 e. The van der Waals surface area contributed by atoms with E-state index in [0.717, 1.165) is 22.2 Å². The molecule has 158 valence electrons. The van der Waals surface area contributed by atoms with Gasteiger partial charge < -0.3 is 9.67 Å². The molecule has 4 heteroatoms. The molecule has 0 radical (unpaired) electrons. The number of rotatable bonds is 6. The Balaban J connectivity index is 1.81. The van der Waals surface area contributed by atoms with Crippen LogP contribution in [0.25, 0.3) is 10.9 Å². The van der Waals surface area contributed by atoms with Crippen LogP contribution in [0.3, 0.4) is 0 Å². The minimum absolute atomic E-state index is 0.414. The van der Waals surface area contributed by atoms with Gasteiger partial charge in [0.05, 0.1) is 5.56 Å². The van der Waals surface area contributed by atoms with Crippen molar-refractivity contribution in [1.82, 2.24) is 4.57 Å². The Morgan fingerprint density at radius 1 is 0.903 bits per heavy atom. The number of carboxylic acids is 1. The van der Waals surface area contributed by atoms with Crippen LogP contribution in [0.4, 0.5) is 0 Å². The monoisotopic (exact) mass is 429 g/mol. The van der Waals surface area contributed by atoms with Gasteiger partial charge in [0.2, 0.25) is 0 Å². The summed E-state index contributed by atoms with van der Waals surface area (Å²) in [6.07, 6.45) is 0. The van der Waals surface area contributed by atoms with E-state index in [4.69, 9.17) is 0 Å². The number of thioether (sulfide) groups is 1. The number of para-hydroxylation sites is 1. The van der Waals surface area contributed by atoms with Crippen LogP contribution in [0.5, 0.6) is 0 Å². The van der Waals surface area contributed by atoms with Crippen molar-refractivity contribution in [3.63, 3.8) is 0 Å². The largest absolute Gasteiger partial charge is 0.478 e. The van der Waals surface area contributed by atoms with Crippen molar-refractivity contribution >= 4 is 28.6 Å². The highest BCUT2D eigenvalue weighted by Gasteiger charge is 2.22. The number of carbonyl (C=O) groups is 1. The van der Waals surface area contributed by atoms with Gasteiger partial charge in [0.25, 0.3) is 0 Å². The number of aryl methyl sites for hydroxylation is 4. The number of carboxylic acid groups (broad SMARTS) is 1. The minimum Gasteiger partial charge on any atom is -0.478 e. The molecule has 1 N–H and O–H groups in total. The van der Waals surface area contributed by atoms with Crippen molar-refractivity contribution in [3.8, 4) is 0 Å². The molecule has 0 atom stereocenters. The van der Waals surface area contributed by atoms with E-state index in [1.807, 2.05) is 24.3 Å². The summed E-state index contributed by atoms with van der Waals surface area (Å²) in [4.78, 5) is 13.5. The number of nitrogens with zero attached hydrogens (tertiary/aromatic N) is 1. The van der Waals surface area contributed by atoms with Crippen LogP contribution < -0.4 is 0 Å². The molecule has 0 aliphatic rings. The lowest BCUT2D eigenvalue weighted by molar-refractivity contribution is 0.0698. The average molecular weight is 430 g/mol. The summed E-state index contributed by atoms with van der Waals surface area (Å²) in [5, 5.41) is 10.9. The number of aromatic carboxylic acids is 1. The Labute approximate surface area is 187 Å². The van der Waals surface area contributed by atoms with Crippen LogP contribution >= 0.6 is 11.8 Å². The maximum Gasteiger partial charge on any atom is 0.338 e. The maximum absolute atomic E-state index is 12.3. The Kier molecular flexibility index (Phi) is 5.92. The van der Waals surface area contributed by atoms with E-state index >= 15 is 0 Å². The number of hydrogen-bond acceptors (Lipinski definition) is 2. The first-order valence-electron chi connectivity index (χ1n) is 10.4. The lowest BCUT2D eigenvalue weighted by Gasteiger charge is -2.14. The summed E-state index contributed by atoms with van der Waals surface area (Å²) in [5.41, 5.74) is 8.34. The highest BCUT2D eigenvalue weighted by molar-refractivity contribution is 7.98. The van der Waals surface area contributed by atoms with Gasteiger partial charge in [-0.3, -0.25) is 0 Å². The molecular weight excluding hydrogens is 402 g/mol. The molecule has 3 nitrogen and oxygen atoms in total. The molecule has 0 amide bonds. The number of benzene rings is 3. The fourth-order valence-corrected chi connectivity index (χ4v) is 5.49. The zero-order valence-electron chi connectivity index (χ0n) is 18.4. The Morgan fingerprint density at radius 3 is 2.19 bits per heavy atom. The van der Waals surface area contributed by atoms with Gasteiger partial charge in [-0.1, -0.05) is 65.7 Å². The minimum atomic E-state index is -0.869. The van der Waals surface area contributed by atoms with E-state index in [9.17, 15) is 9.90 Å². The van der Waals surface area contributed by atoms with E-state index in [1.165, 1.54) is 27.1 Å². The predicted octanol–water partition coefficient (Wildman–Crippen LogP) is 6.91. The van der Waals surface area contributed by atoms with Crippen molar-refractivity contribution in [3.05, 3.63) is 99.7 Å². The maximum atomic E-state index is 12.3. The third-order valence-electron chi connectivity index (χ3n) is 5.71. The third-order valence-corrected chi connectivity index (χ3v) is 7.06. The van der Waals surface area contributed by atoms with Gasteiger partial charge in [0.15, 0.2) is 0 Å². The molecule has 0 aliphatic carbocycles. The fourth-order valence-electron chi connectivity index (χ4n) is 4.34. The van der Waals surface area contributed by atoms with Crippen molar-refractivity contribution < 1.29 is 9.90 Å². The van der Waals surface area contributed by atoms with Crippen LogP contribution in [-0.4, -0.2) is 15.6 Å². The lowest BCUT2D eigenvalue weighted by atomic mass is 10.1. The zero-order chi connectivity index (χ0) is 22.1. The summed E-state index contributed by atoms with van der Waals surface area (Å²) in [6, 6.07) is 20.7. The van der Waals surface area contributed by atoms with Crippen molar-refractivity contribution in [2.75, 3.05) is 0 Å². The summed E-state index contributed by atoms with van der Waals surface area (Å²) in [7, 11) is 0. The second-order valence-electron chi connectivity index (χ2n) is 8.23. The summed E-state index contributed by atoms with van der Waals surface area (Å²) >= 11 is 1.73. The van der Waals surface area contributed by atoms with Crippen molar-refractivity contribution in [2.45, 2.75) is 44.9 Å². The van der Waals surface area contributed by atoms with Crippen LogP contribution in [0.15, 0.2) is 65.6 Å². The highest BCUT2D eigenvalue weighted by Crippen LogP contribution is 2.35. The highest BCUT2D eigenvalue weighted by atomic mass is 32.2. The summed E-state index contributed by atoms with van der Waals surface area (Å²) < 4.78 is 2.18. The second-order valence-corrected chi connectivity index (χ2v) is 9.22. The third kappa shape index (κ3) is 4.26. The number of hydrogen-bond donors (Lipinski definition) is 1. The molecule has 1 heterocycles. The summed E-state index contributed by atoms with van der Waals surface area (Å²) in [5.74, 6) is -0.265. The standard InChI is InChI=1S/C27H27NO2S/c1-17-9-11-21(12-10-17)15-28-23-8-6-5-7-22(23)25(27(29)30)24(28)16-31-26-19(3)13-18(2)14-20(26)4/h5-14H,15-16H2,1-4H3,(H,29,30). The van der Waals surface area contributed by atoms with Crippen LogP contribution in [0.2, 0.25) is 0 Å². The summed E-state index contributed by atoms with van der Waals surface area (Å²) in [6.45, 7) is 9.09. The van der Waals surface area contributed by atoms with Crippen LogP contribution in [0, 0.1) is 27.7 Å². The molecule has 1 aromatic heterocycles. The zero-order valence-corrected chi connectivity index (χ0v) is 19.2. The Bertz CT molecular complexity index is 1250. The molecular formula is C27H27NO2S. The van der Waals surface area contributed by atoms with Gasteiger partial charge in [-0.05, 0) is 50.5 Å². The molecule has 0 bridgehead atoms. The van der Waals surface area contributed by atoms with E-state index in [0.29, 0.717) is 17.9 Å². The van der Waals surface area contributed by atoms with Gasteiger partial charge >= 0.3 is 5.97 Å². The van der Waals surface area contributed by atoms with E-state index < -0.39 is 5.97 Å². The SMILES string of the molecule is Cc1ccc(Cn2c(CSc3c(C)cc(C)cc3C)c(C(=O)O)c3ccccc32)cc1. The van der Waals surface area contributed by atoms with Crippen LogP contribution in [0.1, 0.15) is 43.9 Å². The predicted molar refractivity (Wildman–Crippen MR) is 129 cm³/mol. The molecule has 0 aliphatic heterocycles. The average Bonchev–Trinajstić information content (AvgIpc) is 3.02. The van der Waals surface area contributed by atoms with E-state index in [2.05, 4.69) is 68.7 Å². The molecule has 3 aromatic carbocycles. The molecule has 0 saturated heterocycles. The quantitative estimate of drug-likeness (QED) is 0.339. The second kappa shape index (κ2) is 8.64. The number of fused-ring (bicyclic) bond motifs is 1. The first kappa shape index (κ1) is 21.3. The fraction of sp³-hybridized carbons (Fsp3) is 0.222. The number of aromatic nitrogens is 1. The molecule has 0 spiro atoms. The molecule has 4 rings (SSSR count). The molecule has 0 unspecified atom stereocenters. The Hall–Kier alpha value is -2.98. The van der Waals surface area contributed by atoms with Crippen molar-refractivity contribution in [1.29, 1.82) is 0 Å². The van der Waals surface area contributed by atoms with Crippen LogP contribution in [-0.2, 0) is 12.3 Å². The first-order valence-corrected chi connectivity index (χ1v) is 11.4. The van der Waals surface area contributed by atoms with E-state index in [1.54, 1.807) is 11.8 Å². The van der Waals surface area contributed by atoms with Gasteiger partial charge in [-0.15, -0.1) is 11.8 Å². The van der Waals surface area contributed by atoms with Crippen molar-refractivity contribution in [2.24, 2.45) is 0 Å². The normalized spacial score (nSPS) is 11.2. The van der Waals surface area contributed by atoms with Gasteiger partial charge in [-0.25, -0.2) is 4.79 Å². The van der Waals surface area contributed by atoms with Gasteiger partial charge in [0, 0.05) is 33.8 Å². The first-order chi connectivity index (χ1) is 14.8. The molecule has 0 saturated carbocycles. The van der Waals surface area contributed by atoms with Gasteiger partial charge in [0.1, 0.15) is 0 Å².